The predicted molar refractivity (Wildman–Crippen MR) is 70.0 cm³/mol. The van der Waals surface area contributed by atoms with Gasteiger partial charge in [-0.3, -0.25) is 10.1 Å². The van der Waals surface area contributed by atoms with E-state index in [1.807, 2.05) is 30.3 Å². The first-order chi connectivity index (χ1) is 8.16. The number of non-ortho nitro benzene ring substituents is 1. The number of nitrogens with zero attached hydrogens (tertiary/aromatic N) is 1. The Hall–Kier alpha value is -1.68. The van der Waals surface area contributed by atoms with E-state index in [1.165, 1.54) is 6.07 Å². The molecule has 0 radical (unpaired) electrons. The Bertz CT molecular complexity index is 555. The number of benzene rings is 2. The fourth-order valence-electron chi connectivity index (χ4n) is 1.64. The molecule has 0 bridgehead atoms. The molecule has 0 atom stereocenters. The van der Waals surface area contributed by atoms with Crippen LogP contribution < -0.4 is 0 Å². The Morgan fingerprint density at radius 3 is 2.59 bits per heavy atom. The molecule has 0 aliphatic heterocycles. The summed E-state index contributed by atoms with van der Waals surface area (Å²) in [4.78, 5) is 10.3. The summed E-state index contributed by atoms with van der Waals surface area (Å²) in [6, 6.07) is 14.6. The van der Waals surface area contributed by atoms with Crippen LogP contribution in [0.3, 0.4) is 0 Å². The maximum atomic E-state index is 10.7. The van der Waals surface area contributed by atoms with Gasteiger partial charge < -0.3 is 0 Å². The van der Waals surface area contributed by atoms with E-state index in [9.17, 15) is 10.1 Å². The van der Waals surface area contributed by atoms with E-state index in [0.29, 0.717) is 6.42 Å². The van der Waals surface area contributed by atoms with E-state index in [1.54, 1.807) is 12.1 Å². The van der Waals surface area contributed by atoms with Gasteiger partial charge in [-0.15, -0.1) is 0 Å². The summed E-state index contributed by atoms with van der Waals surface area (Å²) in [5, 5.41) is 10.7. The lowest BCUT2D eigenvalue weighted by molar-refractivity contribution is -0.384. The molecule has 2 rings (SSSR count). The minimum Gasteiger partial charge on any atom is -0.258 e. The average molecular weight is 292 g/mol. The molecule has 0 fully saturated rings. The van der Waals surface area contributed by atoms with E-state index in [4.69, 9.17) is 0 Å². The Kier molecular flexibility index (Phi) is 3.54. The lowest BCUT2D eigenvalue weighted by Gasteiger charge is -2.04. The van der Waals surface area contributed by atoms with Crippen molar-refractivity contribution in [3.63, 3.8) is 0 Å². The third-order valence-electron chi connectivity index (χ3n) is 2.47. The first-order valence-electron chi connectivity index (χ1n) is 5.13. The van der Waals surface area contributed by atoms with E-state index < -0.39 is 0 Å². The number of halogens is 1. The van der Waals surface area contributed by atoms with Crippen LogP contribution in [0.15, 0.2) is 53.0 Å². The normalized spacial score (nSPS) is 10.2. The van der Waals surface area contributed by atoms with Gasteiger partial charge in [0.05, 0.1) is 4.92 Å². The molecule has 0 N–H and O–H groups in total. The Labute approximate surface area is 107 Å². The van der Waals surface area contributed by atoms with E-state index in [2.05, 4.69) is 15.9 Å². The van der Waals surface area contributed by atoms with Crippen LogP contribution in [0, 0.1) is 10.1 Å². The van der Waals surface area contributed by atoms with E-state index >= 15 is 0 Å². The molecule has 2 aromatic carbocycles. The summed E-state index contributed by atoms with van der Waals surface area (Å²) in [7, 11) is 0. The second kappa shape index (κ2) is 5.10. The molecule has 0 amide bonds. The molecule has 0 unspecified atom stereocenters. The van der Waals surface area contributed by atoms with Gasteiger partial charge in [0.15, 0.2) is 0 Å². The van der Waals surface area contributed by atoms with Gasteiger partial charge in [0.25, 0.3) is 5.69 Å². The third-order valence-corrected chi connectivity index (χ3v) is 3.25. The van der Waals surface area contributed by atoms with E-state index in [0.717, 1.165) is 15.6 Å². The summed E-state index contributed by atoms with van der Waals surface area (Å²) in [5.41, 5.74) is 2.19. The van der Waals surface area contributed by atoms with Crippen molar-refractivity contribution >= 4 is 21.6 Å². The van der Waals surface area contributed by atoms with Crippen molar-refractivity contribution in [1.82, 2.24) is 0 Å². The van der Waals surface area contributed by atoms with Gasteiger partial charge in [0, 0.05) is 16.6 Å². The van der Waals surface area contributed by atoms with Crippen molar-refractivity contribution in [3.8, 4) is 0 Å². The van der Waals surface area contributed by atoms with Crippen molar-refractivity contribution in [2.45, 2.75) is 6.42 Å². The summed E-state index contributed by atoms with van der Waals surface area (Å²) < 4.78 is 1.02. The zero-order valence-corrected chi connectivity index (χ0v) is 10.6. The van der Waals surface area contributed by atoms with Crippen LogP contribution in [-0.2, 0) is 6.42 Å². The number of nitro benzene ring substituents is 1. The first kappa shape index (κ1) is 11.8. The second-order valence-electron chi connectivity index (χ2n) is 3.70. The van der Waals surface area contributed by atoms with Gasteiger partial charge in [-0.1, -0.05) is 46.3 Å². The average Bonchev–Trinajstić information content (AvgIpc) is 2.32. The number of rotatable bonds is 3. The number of hydrogen-bond acceptors (Lipinski definition) is 2. The Balaban J connectivity index is 2.28. The fourth-order valence-corrected chi connectivity index (χ4v) is 2.07. The van der Waals surface area contributed by atoms with Gasteiger partial charge in [0.1, 0.15) is 0 Å². The highest BCUT2D eigenvalue weighted by molar-refractivity contribution is 9.10. The summed E-state index contributed by atoms with van der Waals surface area (Å²) in [5.74, 6) is 0. The number of nitro groups is 1. The zero-order chi connectivity index (χ0) is 12.3. The van der Waals surface area contributed by atoms with Crippen molar-refractivity contribution in [2.24, 2.45) is 0 Å². The molecule has 0 aliphatic rings. The maximum Gasteiger partial charge on any atom is 0.269 e. The molecule has 0 aliphatic carbocycles. The van der Waals surface area contributed by atoms with Gasteiger partial charge in [0.2, 0.25) is 0 Å². The molecule has 86 valence electrons. The van der Waals surface area contributed by atoms with Crippen molar-refractivity contribution in [1.29, 1.82) is 0 Å². The third kappa shape index (κ3) is 2.91. The SMILES string of the molecule is O=[N+]([O-])c1cccc(Cc2ccccc2Br)c1. The van der Waals surface area contributed by atoms with Crippen molar-refractivity contribution in [2.75, 3.05) is 0 Å². The Morgan fingerprint density at radius 2 is 1.88 bits per heavy atom. The molecular weight excluding hydrogens is 282 g/mol. The molecule has 2 aromatic rings. The van der Waals surface area contributed by atoms with Crippen LogP contribution in [-0.4, -0.2) is 4.92 Å². The number of hydrogen-bond donors (Lipinski definition) is 0. The summed E-state index contributed by atoms with van der Waals surface area (Å²) in [6.45, 7) is 0. The molecule has 0 spiro atoms. The highest BCUT2D eigenvalue weighted by atomic mass is 79.9. The molecule has 17 heavy (non-hydrogen) atoms. The summed E-state index contributed by atoms with van der Waals surface area (Å²) in [6.07, 6.45) is 0.684. The van der Waals surface area contributed by atoms with Crippen molar-refractivity contribution in [3.05, 3.63) is 74.2 Å². The van der Waals surface area contributed by atoms with Crippen LogP contribution in [0.2, 0.25) is 0 Å². The minimum absolute atomic E-state index is 0.134. The molecular formula is C13H10BrNO2. The molecule has 0 saturated heterocycles. The topological polar surface area (TPSA) is 43.1 Å². The fraction of sp³-hybridized carbons (Fsp3) is 0.0769. The largest absolute Gasteiger partial charge is 0.269 e. The molecule has 0 aromatic heterocycles. The Morgan fingerprint density at radius 1 is 1.12 bits per heavy atom. The van der Waals surface area contributed by atoms with Gasteiger partial charge in [-0.2, -0.15) is 0 Å². The van der Waals surface area contributed by atoms with Crippen molar-refractivity contribution < 1.29 is 4.92 Å². The van der Waals surface area contributed by atoms with Crippen LogP contribution in [0.1, 0.15) is 11.1 Å². The first-order valence-corrected chi connectivity index (χ1v) is 5.93. The molecule has 3 nitrogen and oxygen atoms in total. The zero-order valence-electron chi connectivity index (χ0n) is 8.97. The monoisotopic (exact) mass is 291 g/mol. The van der Waals surface area contributed by atoms with Crippen LogP contribution in [0.4, 0.5) is 5.69 Å². The quantitative estimate of drug-likeness (QED) is 0.635. The standard InChI is InChI=1S/C13H10BrNO2/c14-13-7-2-1-5-11(13)8-10-4-3-6-12(9-10)15(16)17/h1-7,9H,8H2. The highest BCUT2D eigenvalue weighted by Gasteiger charge is 2.07. The van der Waals surface area contributed by atoms with Crippen LogP contribution in [0.5, 0.6) is 0 Å². The van der Waals surface area contributed by atoms with Crippen LogP contribution >= 0.6 is 15.9 Å². The second-order valence-corrected chi connectivity index (χ2v) is 4.55. The lowest BCUT2D eigenvalue weighted by Crippen LogP contribution is -1.92. The van der Waals surface area contributed by atoms with Crippen LogP contribution in [0.25, 0.3) is 0 Å². The molecule has 4 heteroatoms. The van der Waals surface area contributed by atoms with Gasteiger partial charge >= 0.3 is 0 Å². The maximum absolute atomic E-state index is 10.7. The highest BCUT2D eigenvalue weighted by Crippen LogP contribution is 2.21. The van der Waals surface area contributed by atoms with Gasteiger partial charge in [-0.25, -0.2) is 0 Å². The molecule has 0 saturated carbocycles. The predicted octanol–water partition coefficient (Wildman–Crippen LogP) is 3.95. The van der Waals surface area contributed by atoms with E-state index in [-0.39, 0.29) is 10.6 Å². The lowest BCUT2D eigenvalue weighted by atomic mass is 10.0. The summed E-state index contributed by atoms with van der Waals surface area (Å²) >= 11 is 3.47. The van der Waals surface area contributed by atoms with Gasteiger partial charge in [-0.05, 0) is 23.6 Å². The minimum atomic E-state index is -0.371. The molecule has 0 heterocycles. The smallest absolute Gasteiger partial charge is 0.258 e.